The highest BCUT2D eigenvalue weighted by Gasteiger charge is 2.21. The fraction of sp³-hybridized carbons (Fsp3) is 0.538. The molecule has 20 heavy (non-hydrogen) atoms. The molecule has 0 radical (unpaired) electrons. The molecule has 1 amide bonds. The van der Waals surface area contributed by atoms with Crippen LogP contribution in [0.3, 0.4) is 0 Å². The van der Waals surface area contributed by atoms with Gasteiger partial charge in [-0.2, -0.15) is 4.98 Å². The van der Waals surface area contributed by atoms with Gasteiger partial charge in [-0.1, -0.05) is 11.6 Å². The first-order valence-electron chi connectivity index (χ1n) is 6.57. The van der Waals surface area contributed by atoms with Crippen LogP contribution in [-0.4, -0.2) is 30.1 Å². The van der Waals surface area contributed by atoms with E-state index in [1.165, 1.54) is 13.2 Å². The number of hydrogen-bond donors (Lipinski definition) is 3. The number of hydrogen-bond acceptors (Lipinski definition) is 5. The number of carbonyl (C=O) groups is 1. The van der Waals surface area contributed by atoms with Crippen molar-refractivity contribution in [1.82, 2.24) is 4.98 Å². The monoisotopic (exact) mass is 298 g/mol. The van der Waals surface area contributed by atoms with Crippen LogP contribution < -0.4 is 21.5 Å². The highest BCUT2D eigenvalue weighted by Crippen LogP contribution is 2.29. The van der Waals surface area contributed by atoms with Gasteiger partial charge in [-0.25, -0.2) is 0 Å². The predicted molar refractivity (Wildman–Crippen MR) is 78.2 cm³/mol. The molecule has 0 atom stereocenters. The Morgan fingerprint density at radius 3 is 2.65 bits per heavy atom. The van der Waals surface area contributed by atoms with Gasteiger partial charge in [0, 0.05) is 12.1 Å². The molecule has 5 N–H and O–H groups in total. The zero-order valence-corrected chi connectivity index (χ0v) is 12.1. The second-order valence-electron chi connectivity index (χ2n) is 5.00. The number of amides is 1. The molecule has 1 aromatic heterocycles. The molecule has 0 spiro atoms. The van der Waals surface area contributed by atoms with Gasteiger partial charge < -0.3 is 21.5 Å². The fourth-order valence-corrected chi connectivity index (χ4v) is 2.57. The van der Waals surface area contributed by atoms with E-state index in [1.807, 2.05) is 0 Å². The Bertz CT molecular complexity index is 501. The maximum absolute atomic E-state index is 11.3. The molecule has 7 heteroatoms. The van der Waals surface area contributed by atoms with Crippen LogP contribution in [0.2, 0.25) is 5.02 Å². The van der Waals surface area contributed by atoms with Crippen molar-refractivity contribution in [2.24, 2.45) is 11.5 Å². The molecule has 0 unspecified atom stereocenters. The van der Waals surface area contributed by atoms with Crippen molar-refractivity contribution >= 4 is 23.3 Å². The molecule has 2 rings (SSSR count). The highest BCUT2D eigenvalue weighted by atomic mass is 35.5. The van der Waals surface area contributed by atoms with E-state index < -0.39 is 5.91 Å². The van der Waals surface area contributed by atoms with Crippen molar-refractivity contribution in [1.29, 1.82) is 0 Å². The van der Waals surface area contributed by atoms with E-state index in [1.54, 1.807) is 0 Å². The van der Waals surface area contributed by atoms with Crippen molar-refractivity contribution in [3.8, 4) is 5.88 Å². The first-order chi connectivity index (χ1) is 9.51. The summed E-state index contributed by atoms with van der Waals surface area (Å²) >= 11 is 6.14. The minimum absolute atomic E-state index is 0.175. The Morgan fingerprint density at radius 1 is 1.45 bits per heavy atom. The summed E-state index contributed by atoms with van der Waals surface area (Å²) < 4.78 is 5.08. The van der Waals surface area contributed by atoms with Crippen LogP contribution in [0.25, 0.3) is 0 Å². The molecular formula is C13H19ClN4O2. The SMILES string of the molecule is COc1nc(N[C@H]2CC[C@H](N)CC2)c(Cl)cc1C(N)=O. The van der Waals surface area contributed by atoms with E-state index in [2.05, 4.69) is 10.3 Å². The molecule has 1 heterocycles. The molecule has 1 saturated carbocycles. The number of nitrogens with zero attached hydrogens (tertiary/aromatic N) is 1. The standard InChI is InChI=1S/C13H19ClN4O2/c1-20-13-9(11(16)19)6-10(14)12(18-13)17-8-4-2-7(15)3-5-8/h6-8H,2-5,15H2,1H3,(H2,16,19)(H,17,18)/t7-,8-. The Morgan fingerprint density at radius 2 is 2.10 bits per heavy atom. The summed E-state index contributed by atoms with van der Waals surface area (Å²) in [5, 5.41) is 3.64. The number of halogens is 1. The number of methoxy groups -OCH3 is 1. The maximum atomic E-state index is 11.3. The third-order valence-electron chi connectivity index (χ3n) is 3.51. The zero-order valence-electron chi connectivity index (χ0n) is 11.4. The summed E-state index contributed by atoms with van der Waals surface area (Å²) in [6.07, 6.45) is 3.90. The van der Waals surface area contributed by atoms with E-state index in [4.69, 9.17) is 27.8 Å². The zero-order chi connectivity index (χ0) is 14.7. The van der Waals surface area contributed by atoms with Crippen LogP contribution in [0.1, 0.15) is 36.0 Å². The third kappa shape index (κ3) is 3.32. The quantitative estimate of drug-likeness (QED) is 0.782. The summed E-state index contributed by atoms with van der Waals surface area (Å²) in [5.41, 5.74) is 11.3. The van der Waals surface area contributed by atoms with Gasteiger partial charge in [-0.3, -0.25) is 4.79 Å². The van der Waals surface area contributed by atoms with Crippen LogP contribution in [0, 0.1) is 0 Å². The van der Waals surface area contributed by atoms with E-state index in [-0.39, 0.29) is 23.5 Å². The molecule has 6 nitrogen and oxygen atoms in total. The molecule has 0 saturated heterocycles. The van der Waals surface area contributed by atoms with E-state index >= 15 is 0 Å². The summed E-state index contributed by atoms with van der Waals surface area (Å²) in [5.74, 6) is 0.0670. The minimum atomic E-state index is -0.619. The summed E-state index contributed by atoms with van der Waals surface area (Å²) in [6.45, 7) is 0. The van der Waals surface area contributed by atoms with Gasteiger partial charge in [0.05, 0.1) is 12.1 Å². The molecule has 0 bridgehead atoms. The Hall–Kier alpha value is -1.53. The van der Waals surface area contributed by atoms with Gasteiger partial charge in [0.1, 0.15) is 11.4 Å². The lowest BCUT2D eigenvalue weighted by Gasteiger charge is -2.27. The lowest BCUT2D eigenvalue weighted by Crippen LogP contribution is -2.33. The molecule has 0 aliphatic heterocycles. The molecule has 1 aliphatic rings. The molecule has 0 aromatic carbocycles. The number of primary amides is 1. The maximum Gasteiger partial charge on any atom is 0.254 e. The number of nitrogens with two attached hydrogens (primary N) is 2. The van der Waals surface area contributed by atoms with Crippen molar-refractivity contribution in [2.45, 2.75) is 37.8 Å². The number of ether oxygens (including phenoxy) is 1. The van der Waals surface area contributed by atoms with E-state index in [0.717, 1.165) is 25.7 Å². The fourth-order valence-electron chi connectivity index (χ4n) is 2.36. The Kier molecular flexibility index (Phi) is 4.67. The van der Waals surface area contributed by atoms with Gasteiger partial charge in [0.25, 0.3) is 5.91 Å². The average Bonchev–Trinajstić information content (AvgIpc) is 2.42. The summed E-state index contributed by atoms with van der Waals surface area (Å²) in [4.78, 5) is 15.5. The highest BCUT2D eigenvalue weighted by molar-refractivity contribution is 6.33. The normalized spacial score (nSPS) is 22.4. The number of nitrogens with one attached hydrogen (secondary N) is 1. The number of rotatable bonds is 4. The van der Waals surface area contributed by atoms with Gasteiger partial charge in [0.2, 0.25) is 5.88 Å². The molecule has 1 aromatic rings. The molecule has 1 aliphatic carbocycles. The number of pyridine rings is 1. The second-order valence-corrected chi connectivity index (χ2v) is 5.40. The second kappa shape index (κ2) is 6.28. The van der Waals surface area contributed by atoms with Crippen molar-refractivity contribution in [3.05, 3.63) is 16.7 Å². The summed E-state index contributed by atoms with van der Waals surface area (Å²) in [6, 6.07) is 2.04. The van der Waals surface area contributed by atoms with Crippen LogP contribution in [0.4, 0.5) is 5.82 Å². The third-order valence-corrected chi connectivity index (χ3v) is 3.80. The summed E-state index contributed by atoms with van der Waals surface area (Å²) in [7, 11) is 1.44. The molecule has 110 valence electrons. The van der Waals surface area contributed by atoms with Gasteiger partial charge in [-0.05, 0) is 31.7 Å². The lowest BCUT2D eigenvalue weighted by molar-refractivity contribution is 0.0996. The number of anilines is 1. The lowest BCUT2D eigenvalue weighted by atomic mass is 9.92. The molecular weight excluding hydrogens is 280 g/mol. The first-order valence-corrected chi connectivity index (χ1v) is 6.95. The van der Waals surface area contributed by atoms with Crippen LogP contribution in [0.15, 0.2) is 6.07 Å². The van der Waals surface area contributed by atoms with Gasteiger partial charge in [0.15, 0.2) is 0 Å². The van der Waals surface area contributed by atoms with Crippen molar-refractivity contribution in [3.63, 3.8) is 0 Å². The predicted octanol–water partition coefficient (Wildman–Crippen LogP) is 1.52. The first kappa shape index (κ1) is 14.9. The average molecular weight is 299 g/mol. The van der Waals surface area contributed by atoms with E-state index in [9.17, 15) is 4.79 Å². The van der Waals surface area contributed by atoms with Gasteiger partial charge in [-0.15, -0.1) is 0 Å². The number of carbonyl (C=O) groups excluding carboxylic acids is 1. The van der Waals surface area contributed by atoms with Crippen LogP contribution in [-0.2, 0) is 0 Å². The van der Waals surface area contributed by atoms with Crippen molar-refractivity contribution < 1.29 is 9.53 Å². The number of aromatic nitrogens is 1. The largest absolute Gasteiger partial charge is 0.480 e. The molecule has 1 fully saturated rings. The minimum Gasteiger partial charge on any atom is -0.480 e. The topological polar surface area (TPSA) is 103 Å². The van der Waals surface area contributed by atoms with E-state index in [0.29, 0.717) is 10.8 Å². The van der Waals surface area contributed by atoms with Crippen LogP contribution >= 0.6 is 11.6 Å². The van der Waals surface area contributed by atoms with Gasteiger partial charge >= 0.3 is 0 Å². The van der Waals surface area contributed by atoms with Crippen LogP contribution in [0.5, 0.6) is 5.88 Å². The smallest absolute Gasteiger partial charge is 0.254 e. The van der Waals surface area contributed by atoms with Crippen molar-refractivity contribution in [2.75, 3.05) is 12.4 Å². The Balaban J connectivity index is 2.17. The Labute approximate surface area is 122 Å².